The average Bonchev–Trinajstić information content (AvgIpc) is 2.74. The number of primary sulfonamides is 1. The Morgan fingerprint density at radius 2 is 1.77 bits per heavy atom. The molecule has 0 aromatic heterocycles. The van der Waals surface area contributed by atoms with Gasteiger partial charge in [0.1, 0.15) is 0 Å². The predicted molar refractivity (Wildman–Crippen MR) is 116 cm³/mol. The van der Waals surface area contributed by atoms with E-state index in [0.29, 0.717) is 10.1 Å². The molecule has 0 aliphatic heterocycles. The second kappa shape index (κ2) is 11.9. The minimum atomic E-state index is -4.20. The van der Waals surface area contributed by atoms with Gasteiger partial charge in [0, 0.05) is 0 Å². The van der Waals surface area contributed by atoms with Crippen molar-refractivity contribution in [1.29, 1.82) is 0 Å². The Bertz CT molecular complexity index is 1010. The van der Waals surface area contributed by atoms with Crippen LogP contribution in [0.25, 0.3) is 0 Å². The normalized spacial score (nSPS) is 11.5. The summed E-state index contributed by atoms with van der Waals surface area (Å²) in [5.41, 5.74) is -0.00112. The van der Waals surface area contributed by atoms with E-state index in [-0.39, 0.29) is 22.6 Å². The van der Waals surface area contributed by atoms with E-state index in [1.54, 1.807) is 37.3 Å². The van der Waals surface area contributed by atoms with Crippen LogP contribution in [0.1, 0.15) is 43.5 Å². The first-order valence-electron chi connectivity index (χ1n) is 9.70. The molecule has 8 nitrogen and oxygen atoms in total. The van der Waals surface area contributed by atoms with E-state index in [1.165, 1.54) is 0 Å². The second-order valence-electron chi connectivity index (χ2n) is 6.44. The van der Waals surface area contributed by atoms with Gasteiger partial charge in [0.25, 0.3) is 0 Å². The molecule has 31 heavy (non-hydrogen) atoms. The molecule has 2 aromatic carbocycles. The van der Waals surface area contributed by atoms with Crippen LogP contribution in [0, 0.1) is 0 Å². The maximum atomic E-state index is 12.5. The molecule has 2 N–H and O–H groups in total. The summed E-state index contributed by atoms with van der Waals surface area (Å²) < 4.78 is 40.9. The van der Waals surface area contributed by atoms with Gasteiger partial charge in [0.05, 0.1) is 0 Å². The Kier molecular flexibility index (Phi) is 9.55. The van der Waals surface area contributed by atoms with Crippen LogP contribution < -0.4 is 14.2 Å². The molecular weight excluding hydrogens is 485 g/mol. The zero-order chi connectivity index (χ0) is 22.9. The fourth-order valence-corrected chi connectivity index (χ4v) is 5.93. The number of nitrogens with two attached hydrogens (primary N) is 1. The van der Waals surface area contributed by atoms with Crippen molar-refractivity contribution in [2.45, 2.75) is 43.2 Å². The van der Waals surface area contributed by atoms with Gasteiger partial charge in [-0.1, -0.05) is 0 Å². The molecule has 0 spiro atoms. The summed E-state index contributed by atoms with van der Waals surface area (Å²) in [7, 11) is -4.20. The molecule has 2 aromatic rings. The summed E-state index contributed by atoms with van der Waals surface area (Å²) >= 11 is -0.502. The third-order valence-corrected chi connectivity index (χ3v) is 7.49. The fraction of sp³-hybridized carbons (Fsp3) is 0.333. The SMILES string of the molecule is CCCC[As]c1cc(C(=O)OCOC(=O)CC)cc(S(N)(=O)=O)c1Oc1ccccc1. The average molecular weight is 510 g/mol. The van der Waals surface area contributed by atoms with Gasteiger partial charge in [0.2, 0.25) is 0 Å². The van der Waals surface area contributed by atoms with Gasteiger partial charge in [-0.3, -0.25) is 0 Å². The van der Waals surface area contributed by atoms with Crippen LogP contribution in [0.15, 0.2) is 47.4 Å². The molecule has 0 saturated heterocycles. The Hall–Kier alpha value is -2.35. The van der Waals surface area contributed by atoms with Crippen LogP contribution in [0.3, 0.4) is 0 Å². The second-order valence-corrected chi connectivity index (χ2v) is 10.6. The molecule has 0 aliphatic carbocycles. The number of benzene rings is 2. The molecule has 167 valence electrons. The van der Waals surface area contributed by atoms with E-state index in [9.17, 15) is 18.0 Å². The van der Waals surface area contributed by atoms with E-state index in [4.69, 9.17) is 19.3 Å². The number of carbonyl (C=O) groups is 2. The molecular formula is C21H25AsNO7S. The predicted octanol–water partition coefficient (Wildman–Crippen LogP) is 2.74. The van der Waals surface area contributed by atoms with Crippen molar-refractivity contribution >= 4 is 42.1 Å². The van der Waals surface area contributed by atoms with Crippen LogP contribution in [-0.4, -0.2) is 42.9 Å². The number of para-hydroxylation sites is 1. The zero-order valence-electron chi connectivity index (χ0n) is 17.4. The Labute approximate surface area is 188 Å². The van der Waals surface area contributed by atoms with E-state index in [2.05, 4.69) is 6.92 Å². The molecule has 0 atom stereocenters. The van der Waals surface area contributed by atoms with Crippen molar-refractivity contribution in [3.63, 3.8) is 0 Å². The van der Waals surface area contributed by atoms with Crippen LogP contribution in [0.5, 0.6) is 11.5 Å². The van der Waals surface area contributed by atoms with Gasteiger partial charge in [-0.05, 0) is 0 Å². The Morgan fingerprint density at radius 3 is 2.39 bits per heavy atom. The van der Waals surface area contributed by atoms with Crippen molar-refractivity contribution in [2.24, 2.45) is 5.14 Å². The first-order valence-corrected chi connectivity index (χ1v) is 13.5. The zero-order valence-corrected chi connectivity index (χ0v) is 20.1. The Balaban J connectivity index is 2.44. The summed E-state index contributed by atoms with van der Waals surface area (Å²) in [5.74, 6) is -0.765. The maximum absolute atomic E-state index is 12.5. The number of hydrogen-bond donors (Lipinski definition) is 1. The van der Waals surface area contributed by atoms with Crippen molar-refractivity contribution in [3.05, 3.63) is 48.0 Å². The number of ether oxygens (including phenoxy) is 3. The molecule has 0 amide bonds. The minimum absolute atomic E-state index is 0.00112. The molecule has 10 heteroatoms. The molecule has 0 unspecified atom stereocenters. The number of unbranched alkanes of at least 4 members (excludes halogenated alkanes) is 1. The van der Waals surface area contributed by atoms with E-state index >= 15 is 0 Å². The standard InChI is InChI=1S/C21H25AsNO7S/c1-3-5-11-22-17-12-15(21(25)29-14-28-19(24)4-2)13-18(31(23,26)27)20(17)30-16-9-7-6-8-10-16/h6-10,12-13H,3-5,11,14H2,1-2H3,(H2,23,26,27). The van der Waals surface area contributed by atoms with Gasteiger partial charge < -0.3 is 0 Å². The Morgan fingerprint density at radius 1 is 1.06 bits per heavy atom. The number of esters is 2. The molecule has 1 radical (unpaired) electrons. The first-order chi connectivity index (χ1) is 14.8. The molecule has 0 bridgehead atoms. The van der Waals surface area contributed by atoms with Gasteiger partial charge in [-0.25, -0.2) is 0 Å². The number of sulfonamides is 1. The van der Waals surface area contributed by atoms with Gasteiger partial charge in [-0.2, -0.15) is 0 Å². The topological polar surface area (TPSA) is 122 Å². The van der Waals surface area contributed by atoms with Crippen molar-refractivity contribution in [3.8, 4) is 11.5 Å². The molecule has 0 aliphatic rings. The number of carbonyl (C=O) groups excluding carboxylic acids is 2. The van der Waals surface area contributed by atoms with Gasteiger partial charge >= 0.3 is 189 Å². The van der Waals surface area contributed by atoms with Gasteiger partial charge in [-0.15, -0.1) is 0 Å². The number of rotatable bonds is 11. The number of hydrogen-bond acceptors (Lipinski definition) is 7. The fourth-order valence-electron chi connectivity index (χ4n) is 2.43. The molecule has 0 saturated carbocycles. The van der Waals surface area contributed by atoms with Crippen molar-refractivity contribution < 1.29 is 32.2 Å². The molecule has 2 rings (SSSR count). The summed E-state index contributed by atoms with van der Waals surface area (Å²) in [6, 6.07) is 11.4. The van der Waals surface area contributed by atoms with Crippen LogP contribution in [-0.2, 0) is 24.3 Å². The summed E-state index contributed by atoms with van der Waals surface area (Å²) in [6.07, 6.45) is 2.08. The monoisotopic (exact) mass is 510 g/mol. The van der Waals surface area contributed by atoms with E-state index < -0.39 is 44.5 Å². The molecule has 0 heterocycles. The van der Waals surface area contributed by atoms with Crippen LogP contribution in [0.4, 0.5) is 0 Å². The molecule has 0 fully saturated rings. The third kappa shape index (κ3) is 7.69. The first kappa shape index (κ1) is 24.9. The van der Waals surface area contributed by atoms with E-state index in [0.717, 1.165) is 24.1 Å². The van der Waals surface area contributed by atoms with Crippen LogP contribution in [0.2, 0.25) is 5.21 Å². The summed E-state index contributed by atoms with van der Waals surface area (Å²) in [4.78, 5) is 23.4. The van der Waals surface area contributed by atoms with Gasteiger partial charge in [0.15, 0.2) is 0 Å². The van der Waals surface area contributed by atoms with Crippen molar-refractivity contribution in [1.82, 2.24) is 0 Å². The quantitative estimate of drug-likeness (QED) is 0.214. The van der Waals surface area contributed by atoms with Crippen molar-refractivity contribution in [2.75, 3.05) is 6.79 Å². The summed E-state index contributed by atoms with van der Waals surface area (Å²) in [5, 5.41) is 6.30. The third-order valence-electron chi connectivity index (χ3n) is 4.03. The van der Waals surface area contributed by atoms with Crippen LogP contribution >= 0.6 is 0 Å². The van der Waals surface area contributed by atoms with E-state index in [1.807, 2.05) is 6.07 Å². The summed E-state index contributed by atoms with van der Waals surface area (Å²) in [6.45, 7) is 3.11.